The van der Waals surface area contributed by atoms with Gasteiger partial charge in [-0.25, -0.2) is 9.67 Å². The largest absolute Gasteiger partial charge is 0.336 e. The molecule has 0 aromatic carbocycles. The van der Waals surface area contributed by atoms with E-state index in [2.05, 4.69) is 15.2 Å². The van der Waals surface area contributed by atoms with Crippen LogP contribution in [0.1, 0.15) is 32.7 Å². The van der Waals surface area contributed by atoms with Crippen LogP contribution in [0.4, 0.5) is 0 Å². The van der Waals surface area contributed by atoms with Crippen molar-refractivity contribution >= 4 is 5.91 Å². The van der Waals surface area contributed by atoms with Crippen LogP contribution in [0.15, 0.2) is 31.1 Å². The summed E-state index contributed by atoms with van der Waals surface area (Å²) in [5.74, 6) is 0.301. The molecule has 7 heteroatoms. The van der Waals surface area contributed by atoms with Gasteiger partial charge in [-0.3, -0.25) is 9.48 Å². The molecule has 3 rings (SSSR count). The smallest absolute Gasteiger partial charge is 0.248 e. The molecule has 2 aromatic heterocycles. The molecule has 7 nitrogen and oxygen atoms in total. The molecule has 1 fully saturated rings. The van der Waals surface area contributed by atoms with Crippen molar-refractivity contribution < 1.29 is 4.79 Å². The molecular weight excluding hydrogens is 280 g/mol. The van der Waals surface area contributed by atoms with Crippen molar-refractivity contribution in [2.75, 3.05) is 6.54 Å². The third-order valence-electron chi connectivity index (χ3n) is 4.22. The molecule has 0 aliphatic carbocycles. The Labute approximate surface area is 129 Å². The maximum atomic E-state index is 13.0. The van der Waals surface area contributed by atoms with Gasteiger partial charge in [0, 0.05) is 18.9 Å². The van der Waals surface area contributed by atoms with E-state index in [0.29, 0.717) is 0 Å². The summed E-state index contributed by atoms with van der Waals surface area (Å²) in [5.41, 5.74) is 0. The van der Waals surface area contributed by atoms with Gasteiger partial charge in [0.2, 0.25) is 5.91 Å². The monoisotopic (exact) mass is 302 g/mol. The zero-order valence-electron chi connectivity index (χ0n) is 13.0. The van der Waals surface area contributed by atoms with Gasteiger partial charge in [0.25, 0.3) is 0 Å². The van der Waals surface area contributed by atoms with Crippen molar-refractivity contribution in [2.45, 2.75) is 45.3 Å². The van der Waals surface area contributed by atoms with Gasteiger partial charge in [-0.15, -0.1) is 0 Å². The first-order valence-electron chi connectivity index (χ1n) is 7.79. The molecule has 0 saturated carbocycles. The lowest BCUT2D eigenvalue weighted by molar-refractivity contribution is -0.137. The van der Waals surface area contributed by atoms with Crippen molar-refractivity contribution in [2.24, 2.45) is 5.92 Å². The molecule has 0 radical (unpaired) electrons. The molecule has 2 aromatic rings. The molecule has 3 heterocycles. The number of likely N-dealkylation sites (tertiary alicyclic amines) is 1. The number of carbonyl (C=O) groups is 1. The van der Waals surface area contributed by atoms with E-state index in [4.69, 9.17) is 0 Å². The summed E-state index contributed by atoms with van der Waals surface area (Å²) in [6.07, 6.45) is 8.88. The van der Waals surface area contributed by atoms with Gasteiger partial charge >= 0.3 is 0 Å². The van der Waals surface area contributed by atoms with Gasteiger partial charge < -0.3 is 4.90 Å². The van der Waals surface area contributed by atoms with Crippen LogP contribution in [-0.2, 0) is 11.3 Å². The van der Waals surface area contributed by atoms with Crippen LogP contribution in [0.3, 0.4) is 0 Å². The highest BCUT2D eigenvalue weighted by Gasteiger charge is 2.35. The minimum absolute atomic E-state index is 0.134. The molecular formula is C15H22N6O. The number of aromatic nitrogens is 5. The Morgan fingerprint density at radius 3 is 2.86 bits per heavy atom. The summed E-state index contributed by atoms with van der Waals surface area (Å²) in [6.45, 7) is 5.65. The number of hydrogen-bond donors (Lipinski definition) is 0. The first-order chi connectivity index (χ1) is 10.7. The number of amides is 1. The standard InChI is InChI=1S/C15H22N6O/c1-12(2)14(21-11-16-10-18-21)15(22)20-8-3-5-13(20)9-19-7-4-6-17-19/h4,6-7,10-14H,3,5,8-9H2,1-2H3/t13-,14-/m0/s1. The number of carbonyl (C=O) groups excluding carboxylic acids is 1. The molecule has 22 heavy (non-hydrogen) atoms. The average molecular weight is 302 g/mol. The summed E-state index contributed by atoms with van der Waals surface area (Å²) >= 11 is 0. The predicted octanol–water partition coefficient (Wildman–Crippen LogP) is 1.36. The average Bonchev–Trinajstić information content (AvgIpc) is 3.19. The molecule has 0 unspecified atom stereocenters. The topological polar surface area (TPSA) is 68.8 Å². The Kier molecular flexibility index (Phi) is 4.22. The molecule has 1 aliphatic heterocycles. The number of hydrogen-bond acceptors (Lipinski definition) is 4. The van der Waals surface area contributed by atoms with Crippen molar-refractivity contribution in [1.29, 1.82) is 0 Å². The van der Waals surface area contributed by atoms with Crippen LogP contribution in [0.25, 0.3) is 0 Å². The second-order valence-electron chi connectivity index (χ2n) is 6.12. The van der Waals surface area contributed by atoms with E-state index >= 15 is 0 Å². The Balaban J connectivity index is 1.77. The van der Waals surface area contributed by atoms with E-state index in [0.717, 1.165) is 25.9 Å². The Bertz CT molecular complexity index is 592. The van der Waals surface area contributed by atoms with E-state index in [1.165, 1.54) is 6.33 Å². The van der Waals surface area contributed by atoms with Crippen LogP contribution >= 0.6 is 0 Å². The van der Waals surface area contributed by atoms with Crippen LogP contribution < -0.4 is 0 Å². The Morgan fingerprint density at radius 1 is 1.36 bits per heavy atom. The second kappa shape index (κ2) is 6.29. The summed E-state index contributed by atoms with van der Waals surface area (Å²) in [7, 11) is 0. The molecule has 2 atom stereocenters. The van der Waals surface area contributed by atoms with E-state index in [-0.39, 0.29) is 23.9 Å². The van der Waals surface area contributed by atoms with Crippen molar-refractivity contribution in [1.82, 2.24) is 29.4 Å². The molecule has 1 amide bonds. The minimum Gasteiger partial charge on any atom is -0.336 e. The fourth-order valence-electron chi connectivity index (χ4n) is 3.17. The van der Waals surface area contributed by atoms with E-state index in [9.17, 15) is 4.79 Å². The summed E-state index contributed by atoms with van der Waals surface area (Å²) in [5, 5.41) is 8.43. The van der Waals surface area contributed by atoms with Gasteiger partial charge in [-0.1, -0.05) is 13.8 Å². The maximum Gasteiger partial charge on any atom is 0.248 e. The first-order valence-corrected chi connectivity index (χ1v) is 7.79. The van der Waals surface area contributed by atoms with Gasteiger partial charge in [0.05, 0.1) is 12.6 Å². The fourth-order valence-corrected chi connectivity index (χ4v) is 3.17. The third kappa shape index (κ3) is 2.88. The quantitative estimate of drug-likeness (QED) is 0.836. The van der Waals surface area contributed by atoms with E-state index in [1.807, 2.05) is 35.7 Å². The number of rotatable bonds is 5. The lowest BCUT2D eigenvalue weighted by Crippen LogP contribution is -2.44. The van der Waals surface area contributed by atoms with Gasteiger partial charge in [-0.05, 0) is 24.8 Å². The van der Waals surface area contributed by atoms with Crippen molar-refractivity contribution in [3.8, 4) is 0 Å². The lowest BCUT2D eigenvalue weighted by Gasteiger charge is -2.30. The molecule has 0 N–H and O–H groups in total. The van der Waals surface area contributed by atoms with E-state index < -0.39 is 0 Å². The second-order valence-corrected chi connectivity index (χ2v) is 6.12. The summed E-state index contributed by atoms with van der Waals surface area (Å²) in [6, 6.07) is 1.82. The molecule has 1 saturated heterocycles. The molecule has 1 aliphatic rings. The van der Waals surface area contributed by atoms with Crippen LogP contribution in [0.5, 0.6) is 0 Å². The zero-order valence-corrected chi connectivity index (χ0v) is 13.0. The lowest BCUT2D eigenvalue weighted by atomic mass is 10.0. The Hall–Kier alpha value is -2.18. The molecule has 0 spiro atoms. The normalized spacial score (nSPS) is 19.8. The Morgan fingerprint density at radius 2 is 2.23 bits per heavy atom. The van der Waals surface area contributed by atoms with Gasteiger partial charge in [-0.2, -0.15) is 10.2 Å². The number of nitrogens with zero attached hydrogens (tertiary/aromatic N) is 6. The highest BCUT2D eigenvalue weighted by molar-refractivity contribution is 5.81. The molecule has 118 valence electrons. The van der Waals surface area contributed by atoms with Crippen LogP contribution in [0, 0.1) is 5.92 Å². The highest BCUT2D eigenvalue weighted by atomic mass is 16.2. The SMILES string of the molecule is CC(C)[C@@H](C(=O)N1CCC[C@H]1Cn1cccn1)n1cncn1. The predicted molar refractivity (Wildman–Crippen MR) is 80.9 cm³/mol. The zero-order chi connectivity index (χ0) is 15.5. The van der Waals surface area contributed by atoms with Gasteiger partial charge in [0.15, 0.2) is 0 Å². The minimum atomic E-state index is -0.291. The van der Waals surface area contributed by atoms with E-state index in [1.54, 1.807) is 17.2 Å². The van der Waals surface area contributed by atoms with Crippen molar-refractivity contribution in [3.05, 3.63) is 31.1 Å². The van der Waals surface area contributed by atoms with Gasteiger partial charge in [0.1, 0.15) is 18.7 Å². The fraction of sp³-hybridized carbons (Fsp3) is 0.600. The van der Waals surface area contributed by atoms with Crippen LogP contribution in [-0.4, -0.2) is 47.9 Å². The maximum absolute atomic E-state index is 13.0. The highest BCUT2D eigenvalue weighted by Crippen LogP contribution is 2.26. The first kappa shape index (κ1) is 14.7. The van der Waals surface area contributed by atoms with Crippen LogP contribution in [0.2, 0.25) is 0 Å². The summed E-state index contributed by atoms with van der Waals surface area (Å²) < 4.78 is 3.58. The summed E-state index contributed by atoms with van der Waals surface area (Å²) in [4.78, 5) is 19.0. The third-order valence-corrected chi connectivity index (χ3v) is 4.22. The van der Waals surface area contributed by atoms with Crippen molar-refractivity contribution in [3.63, 3.8) is 0 Å². The molecule has 0 bridgehead atoms.